The zero-order valence-corrected chi connectivity index (χ0v) is 18.1. The van der Waals surface area contributed by atoms with Crippen LogP contribution < -0.4 is 10.2 Å². The number of hydrogen-bond donors (Lipinski definition) is 1. The van der Waals surface area contributed by atoms with Gasteiger partial charge in [-0.05, 0) is 47.5 Å². The summed E-state index contributed by atoms with van der Waals surface area (Å²) in [7, 11) is 0. The molecule has 0 aliphatic heterocycles. The van der Waals surface area contributed by atoms with Crippen molar-refractivity contribution in [3.63, 3.8) is 0 Å². The van der Waals surface area contributed by atoms with Crippen molar-refractivity contribution in [3.05, 3.63) is 101 Å². The Hall–Kier alpha value is -3.64. The highest BCUT2D eigenvalue weighted by atomic mass is 79.9. The predicted octanol–water partition coefficient (Wildman–Crippen LogP) is 5.91. The van der Waals surface area contributed by atoms with Crippen molar-refractivity contribution in [2.75, 3.05) is 6.61 Å². The Labute approximate surface area is 188 Å². The molecule has 0 saturated heterocycles. The lowest BCUT2D eigenvalue weighted by Crippen LogP contribution is -2.24. The SMILES string of the molecule is O=C(COc1ccc(-c2ccccc2)cc1)NN=Cc1ccc(-c2ccc(Br)cc2)o1. The second-order valence-electron chi connectivity index (χ2n) is 6.68. The highest BCUT2D eigenvalue weighted by Gasteiger charge is 2.05. The van der Waals surface area contributed by atoms with E-state index in [9.17, 15) is 4.79 Å². The van der Waals surface area contributed by atoms with E-state index in [1.165, 1.54) is 6.21 Å². The number of carbonyl (C=O) groups excluding carboxylic acids is 1. The minimum atomic E-state index is -0.358. The monoisotopic (exact) mass is 474 g/mol. The van der Waals surface area contributed by atoms with Crippen LogP contribution in [0.5, 0.6) is 5.75 Å². The molecule has 1 aromatic heterocycles. The molecular weight excluding hydrogens is 456 g/mol. The van der Waals surface area contributed by atoms with E-state index >= 15 is 0 Å². The fourth-order valence-corrected chi connectivity index (χ4v) is 3.18. The lowest BCUT2D eigenvalue weighted by molar-refractivity contribution is -0.123. The Bertz CT molecular complexity index is 1170. The maximum atomic E-state index is 12.0. The third kappa shape index (κ3) is 5.71. The number of amides is 1. The van der Waals surface area contributed by atoms with Crippen LogP contribution in [0, 0.1) is 0 Å². The number of furan rings is 1. The molecule has 0 radical (unpaired) electrons. The molecule has 0 saturated carbocycles. The summed E-state index contributed by atoms with van der Waals surface area (Å²) in [5, 5.41) is 3.92. The topological polar surface area (TPSA) is 63.8 Å². The molecular formula is C25H19BrN2O3. The van der Waals surface area contributed by atoms with Gasteiger partial charge in [0.25, 0.3) is 5.91 Å². The van der Waals surface area contributed by atoms with Crippen molar-refractivity contribution < 1.29 is 13.9 Å². The van der Waals surface area contributed by atoms with Gasteiger partial charge in [-0.2, -0.15) is 5.10 Å². The van der Waals surface area contributed by atoms with Gasteiger partial charge in [-0.3, -0.25) is 4.79 Å². The number of nitrogens with one attached hydrogen (secondary N) is 1. The van der Waals surface area contributed by atoms with E-state index in [0.717, 1.165) is 26.9 Å². The quantitative estimate of drug-likeness (QED) is 0.267. The molecule has 154 valence electrons. The summed E-state index contributed by atoms with van der Waals surface area (Å²) < 4.78 is 12.2. The van der Waals surface area contributed by atoms with Crippen LogP contribution in [0.15, 0.2) is 105 Å². The number of halogens is 1. The van der Waals surface area contributed by atoms with E-state index in [4.69, 9.17) is 9.15 Å². The third-order valence-electron chi connectivity index (χ3n) is 4.47. The largest absolute Gasteiger partial charge is 0.484 e. The van der Waals surface area contributed by atoms with Gasteiger partial charge in [0.05, 0.1) is 6.21 Å². The Balaban J connectivity index is 1.26. The fourth-order valence-electron chi connectivity index (χ4n) is 2.91. The molecule has 6 heteroatoms. The van der Waals surface area contributed by atoms with E-state index in [1.807, 2.05) is 84.9 Å². The summed E-state index contributed by atoms with van der Waals surface area (Å²) in [6, 6.07) is 29.1. The van der Waals surface area contributed by atoms with Gasteiger partial charge in [0.15, 0.2) is 6.61 Å². The van der Waals surface area contributed by atoms with Crippen LogP contribution in [0.25, 0.3) is 22.5 Å². The summed E-state index contributed by atoms with van der Waals surface area (Å²) in [6.45, 7) is -0.135. The molecule has 5 nitrogen and oxygen atoms in total. The summed E-state index contributed by atoms with van der Waals surface area (Å²) in [5.74, 6) is 1.52. The molecule has 0 fully saturated rings. The van der Waals surface area contributed by atoms with Crippen molar-refractivity contribution in [2.45, 2.75) is 0 Å². The molecule has 1 N–H and O–H groups in total. The van der Waals surface area contributed by atoms with E-state index in [0.29, 0.717) is 11.5 Å². The van der Waals surface area contributed by atoms with Crippen LogP contribution in [-0.2, 0) is 4.79 Å². The predicted molar refractivity (Wildman–Crippen MR) is 125 cm³/mol. The number of hydrogen-bond acceptors (Lipinski definition) is 4. The van der Waals surface area contributed by atoms with Crippen LogP contribution in [0.3, 0.4) is 0 Å². The number of carbonyl (C=O) groups is 1. The van der Waals surface area contributed by atoms with Crippen LogP contribution in [0.2, 0.25) is 0 Å². The van der Waals surface area contributed by atoms with Gasteiger partial charge in [0, 0.05) is 10.0 Å². The Kier molecular flexibility index (Phi) is 6.59. The minimum Gasteiger partial charge on any atom is -0.484 e. The number of hydrazone groups is 1. The maximum absolute atomic E-state index is 12.0. The normalized spacial score (nSPS) is 10.9. The van der Waals surface area contributed by atoms with Gasteiger partial charge in [-0.25, -0.2) is 5.43 Å². The van der Waals surface area contributed by atoms with Gasteiger partial charge in [-0.15, -0.1) is 0 Å². The highest BCUT2D eigenvalue weighted by Crippen LogP contribution is 2.24. The van der Waals surface area contributed by atoms with Crippen LogP contribution in [0.1, 0.15) is 5.76 Å². The van der Waals surface area contributed by atoms with Crippen LogP contribution >= 0.6 is 15.9 Å². The Morgan fingerprint density at radius 3 is 2.29 bits per heavy atom. The average Bonchev–Trinajstić information content (AvgIpc) is 3.28. The molecule has 0 aliphatic rings. The Morgan fingerprint density at radius 1 is 0.871 bits per heavy atom. The first-order valence-electron chi connectivity index (χ1n) is 9.63. The first-order chi connectivity index (χ1) is 15.2. The zero-order chi connectivity index (χ0) is 21.5. The highest BCUT2D eigenvalue weighted by molar-refractivity contribution is 9.10. The molecule has 0 spiro atoms. The molecule has 31 heavy (non-hydrogen) atoms. The zero-order valence-electron chi connectivity index (χ0n) is 16.5. The standard InChI is InChI=1S/C25H19BrN2O3/c26-21-10-6-20(7-11-21)24-15-14-23(31-24)16-27-28-25(29)17-30-22-12-8-19(9-13-22)18-4-2-1-3-5-18/h1-16H,17H2,(H,28,29). The van der Waals surface area contributed by atoms with Gasteiger partial charge in [0.1, 0.15) is 17.3 Å². The summed E-state index contributed by atoms with van der Waals surface area (Å²) in [6.07, 6.45) is 1.45. The molecule has 0 aliphatic carbocycles. The van der Waals surface area contributed by atoms with Gasteiger partial charge < -0.3 is 9.15 Å². The summed E-state index contributed by atoms with van der Waals surface area (Å²) in [4.78, 5) is 12.0. The molecule has 4 rings (SSSR count). The third-order valence-corrected chi connectivity index (χ3v) is 5.00. The molecule has 1 amide bonds. The second kappa shape index (κ2) is 9.91. The lowest BCUT2D eigenvalue weighted by atomic mass is 10.1. The number of rotatable bonds is 7. The van der Waals surface area contributed by atoms with Crippen LogP contribution in [-0.4, -0.2) is 18.7 Å². The molecule has 0 bridgehead atoms. The average molecular weight is 475 g/mol. The van der Waals surface area contributed by atoms with Crippen molar-refractivity contribution in [2.24, 2.45) is 5.10 Å². The van der Waals surface area contributed by atoms with E-state index < -0.39 is 0 Å². The fraction of sp³-hybridized carbons (Fsp3) is 0.0400. The summed E-state index contributed by atoms with van der Waals surface area (Å²) >= 11 is 3.41. The Morgan fingerprint density at radius 2 is 1.55 bits per heavy atom. The summed E-state index contributed by atoms with van der Waals surface area (Å²) in [5.41, 5.74) is 5.60. The minimum absolute atomic E-state index is 0.135. The maximum Gasteiger partial charge on any atom is 0.277 e. The van der Waals surface area contributed by atoms with Crippen LogP contribution in [0.4, 0.5) is 0 Å². The molecule has 0 unspecified atom stereocenters. The van der Waals surface area contributed by atoms with Crippen molar-refractivity contribution in [3.8, 4) is 28.2 Å². The number of nitrogens with zero attached hydrogens (tertiary/aromatic N) is 1. The lowest BCUT2D eigenvalue weighted by Gasteiger charge is -2.06. The van der Waals surface area contributed by atoms with E-state index in [2.05, 4.69) is 26.5 Å². The molecule has 1 heterocycles. The smallest absolute Gasteiger partial charge is 0.277 e. The van der Waals surface area contributed by atoms with Gasteiger partial charge >= 0.3 is 0 Å². The first-order valence-corrected chi connectivity index (χ1v) is 10.4. The van der Waals surface area contributed by atoms with Crippen molar-refractivity contribution in [1.29, 1.82) is 0 Å². The number of benzene rings is 3. The van der Waals surface area contributed by atoms with E-state index in [-0.39, 0.29) is 12.5 Å². The van der Waals surface area contributed by atoms with Crippen molar-refractivity contribution in [1.82, 2.24) is 5.43 Å². The first kappa shape index (κ1) is 20.6. The van der Waals surface area contributed by atoms with Gasteiger partial charge in [-0.1, -0.05) is 70.5 Å². The van der Waals surface area contributed by atoms with Crippen molar-refractivity contribution >= 4 is 28.1 Å². The molecule has 4 aromatic rings. The second-order valence-corrected chi connectivity index (χ2v) is 7.60. The van der Waals surface area contributed by atoms with E-state index in [1.54, 1.807) is 6.07 Å². The van der Waals surface area contributed by atoms with Gasteiger partial charge in [0.2, 0.25) is 0 Å². The molecule has 0 atom stereocenters. The molecule has 3 aromatic carbocycles. The number of ether oxygens (including phenoxy) is 1.